The number of halogens is 1. The Bertz CT molecular complexity index is 308. The summed E-state index contributed by atoms with van der Waals surface area (Å²) in [7, 11) is 0. The van der Waals surface area contributed by atoms with Crippen LogP contribution in [0.25, 0.3) is 0 Å². The second-order valence-corrected chi connectivity index (χ2v) is 5.37. The second kappa shape index (κ2) is 7.71. The molecule has 0 aromatic heterocycles. The zero-order chi connectivity index (χ0) is 13.0. The quantitative estimate of drug-likeness (QED) is 0.787. The molecule has 2 rings (SSSR count). The standard InChI is InChI=1S/C15H24N2O.ClH/c1-3-5-12(6-4-2)15(18)17-13-7-8-14(17)11-16-10-9-13;/h3-4,12-14,16H,1-2,5-11H2;1H. The van der Waals surface area contributed by atoms with Gasteiger partial charge in [0.2, 0.25) is 5.91 Å². The fourth-order valence-electron chi connectivity index (χ4n) is 3.25. The van der Waals surface area contributed by atoms with Gasteiger partial charge in [0.15, 0.2) is 0 Å². The molecule has 2 aliphatic heterocycles. The Morgan fingerprint density at radius 3 is 2.47 bits per heavy atom. The molecule has 4 heteroatoms. The number of nitrogens with one attached hydrogen (secondary N) is 1. The third kappa shape index (κ3) is 3.61. The van der Waals surface area contributed by atoms with Crippen molar-refractivity contribution in [3.8, 4) is 0 Å². The van der Waals surface area contributed by atoms with Gasteiger partial charge in [0.05, 0.1) is 0 Å². The summed E-state index contributed by atoms with van der Waals surface area (Å²) < 4.78 is 0. The van der Waals surface area contributed by atoms with Crippen LogP contribution in [0.1, 0.15) is 32.1 Å². The van der Waals surface area contributed by atoms with E-state index in [1.807, 2.05) is 12.2 Å². The van der Waals surface area contributed by atoms with Crippen LogP contribution in [0.5, 0.6) is 0 Å². The first-order valence-corrected chi connectivity index (χ1v) is 7.02. The molecule has 3 nitrogen and oxygen atoms in total. The third-order valence-corrected chi connectivity index (χ3v) is 4.16. The molecule has 2 fully saturated rings. The van der Waals surface area contributed by atoms with E-state index in [0.29, 0.717) is 18.0 Å². The largest absolute Gasteiger partial charge is 0.335 e. The highest BCUT2D eigenvalue weighted by Gasteiger charge is 2.39. The Balaban J connectivity index is 0.00000180. The van der Waals surface area contributed by atoms with Crippen LogP contribution in [0, 0.1) is 5.92 Å². The van der Waals surface area contributed by atoms with Gasteiger partial charge in [-0.15, -0.1) is 25.6 Å². The van der Waals surface area contributed by atoms with Crippen LogP contribution in [-0.2, 0) is 4.79 Å². The van der Waals surface area contributed by atoms with Crippen molar-refractivity contribution in [2.45, 2.75) is 44.2 Å². The van der Waals surface area contributed by atoms with E-state index in [9.17, 15) is 4.79 Å². The maximum absolute atomic E-state index is 12.7. The summed E-state index contributed by atoms with van der Waals surface area (Å²) in [6, 6.07) is 0.858. The fourth-order valence-corrected chi connectivity index (χ4v) is 3.25. The predicted molar refractivity (Wildman–Crippen MR) is 81.5 cm³/mol. The number of allylic oxidation sites excluding steroid dienone is 2. The van der Waals surface area contributed by atoms with E-state index in [2.05, 4.69) is 23.4 Å². The molecule has 0 saturated carbocycles. The van der Waals surface area contributed by atoms with Gasteiger partial charge in [0.1, 0.15) is 0 Å². The predicted octanol–water partition coefficient (Wildman–Crippen LogP) is 2.53. The summed E-state index contributed by atoms with van der Waals surface area (Å²) in [6.07, 6.45) is 8.64. The van der Waals surface area contributed by atoms with Crippen molar-refractivity contribution in [2.24, 2.45) is 5.92 Å². The van der Waals surface area contributed by atoms with Crippen molar-refractivity contribution in [2.75, 3.05) is 13.1 Å². The summed E-state index contributed by atoms with van der Waals surface area (Å²) in [5.74, 6) is 0.354. The summed E-state index contributed by atoms with van der Waals surface area (Å²) in [4.78, 5) is 14.9. The van der Waals surface area contributed by atoms with E-state index in [4.69, 9.17) is 0 Å². The molecule has 0 aromatic rings. The number of amides is 1. The fraction of sp³-hybridized carbons (Fsp3) is 0.667. The number of nitrogens with zero attached hydrogens (tertiary/aromatic N) is 1. The summed E-state index contributed by atoms with van der Waals surface area (Å²) in [6.45, 7) is 9.53. The van der Waals surface area contributed by atoms with E-state index < -0.39 is 0 Å². The van der Waals surface area contributed by atoms with E-state index in [1.54, 1.807) is 0 Å². The zero-order valence-electron chi connectivity index (χ0n) is 11.5. The van der Waals surface area contributed by atoms with Crippen LogP contribution in [0.3, 0.4) is 0 Å². The van der Waals surface area contributed by atoms with Gasteiger partial charge in [0.25, 0.3) is 0 Å². The normalized spacial score (nSPS) is 25.6. The molecule has 0 radical (unpaired) electrons. The number of rotatable bonds is 5. The molecule has 19 heavy (non-hydrogen) atoms. The van der Waals surface area contributed by atoms with Gasteiger partial charge < -0.3 is 10.2 Å². The van der Waals surface area contributed by atoms with Crippen LogP contribution in [0.2, 0.25) is 0 Å². The molecule has 2 saturated heterocycles. The number of carbonyl (C=O) groups excluding carboxylic acids is 1. The van der Waals surface area contributed by atoms with Crippen LogP contribution in [-0.4, -0.2) is 36.0 Å². The highest BCUT2D eigenvalue weighted by atomic mass is 35.5. The first-order chi connectivity index (χ1) is 8.77. The van der Waals surface area contributed by atoms with Crippen LogP contribution in [0.15, 0.2) is 25.3 Å². The molecule has 0 aromatic carbocycles. The van der Waals surface area contributed by atoms with E-state index in [-0.39, 0.29) is 18.3 Å². The average molecular weight is 285 g/mol. The number of hydrogen-bond donors (Lipinski definition) is 1. The van der Waals surface area contributed by atoms with E-state index in [1.165, 1.54) is 6.42 Å². The van der Waals surface area contributed by atoms with Crippen LogP contribution in [0.4, 0.5) is 0 Å². The number of carbonyl (C=O) groups is 1. The maximum Gasteiger partial charge on any atom is 0.226 e. The van der Waals surface area contributed by atoms with Gasteiger partial charge in [0, 0.05) is 24.5 Å². The smallest absolute Gasteiger partial charge is 0.226 e. The van der Waals surface area contributed by atoms with Gasteiger partial charge in [-0.3, -0.25) is 4.79 Å². The zero-order valence-corrected chi connectivity index (χ0v) is 12.3. The summed E-state index contributed by atoms with van der Waals surface area (Å²) in [5, 5.41) is 3.43. The molecule has 108 valence electrons. The Kier molecular flexibility index (Phi) is 6.59. The van der Waals surface area contributed by atoms with Crippen molar-refractivity contribution >= 4 is 18.3 Å². The Morgan fingerprint density at radius 1 is 1.21 bits per heavy atom. The van der Waals surface area contributed by atoms with Crippen molar-refractivity contribution in [1.82, 2.24) is 10.2 Å². The van der Waals surface area contributed by atoms with Crippen molar-refractivity contribution in [3.63, 3.8) is 0 Å². The molecule has 1 amide bonds. The van der Waals surface area contributed by atoms with Gasteiger partial charge >= 0.3 is 0 Å². The lowest BCUT2D eigenvalue weighted by Crippen LogP contribution is -2.45. The molecule has 0 aliphatic carbocycles. The van der Waals surface area contributed by atoms with Crippen molar-refractivity contribution in [1.29, 1.82) is 0 Å². The highest BCUT2D eigenvalue weighted by molar-refractivity contribution is 5.85. The molecule has 2 bridgehead atoms. The first-order valence-electron chi connectivity index (χ1n) is 7.02. The average Bonchev–Trinajstić information content (AvgIpc) is 2.62. The molecule has 0 spiro atoms. The molecule has 2 unspecified atom stereocenters. The maximum atomic E-state index is 12.7. The molecular formula is C15H25ClN2O. The van der Waals surface area contributed by atoms with Gasteiger partial charge in [-0.05, 0) is 38.6 Å². The molecular weight excluding hydrogens is 260 g/mol. The second-order valence-electron chi connectivity index (χ2n) is 5.37. The lowest BCUT2D eigenvalue weighted by molar-refractivity contribution is -0.138. The summed E-state index contributed by atoms with van der Waals surface area (Å²) >= 11 is 0. The lowest BCUT2D eigenvalue weighted by atomic mass is 9.98. The van der Waals surface area contributed by atoms with Crippen molar-refractivity contribution in [3.05, 3.63) is 25.3 Å². The third-order valence-electron chi connectivity index (χ3n) is 4.16. The Hall–Kier alpha value is -0.800. The van der Waals surface area contributed by atoms with Gasteiger partial charge in [-0.2, -0.15) is 0 Å². The first kappa shape index (κ1) is 16.3. The summed E-state index contributed by atoms with van der Waals surface area (Å²) in [5.41, 5.74) is 0. The van der Waals surface area contributed by atoms with Crippen LogP contribution >= 0.6 is 12.4 Å². The van der Waals surface area contributed by atoms with E-state index in [0.717, 1.165) is 38.8 Å². The Morgan fingerprint density at radius 2 is 1.84 bits per heavy atom. The van der Waals surface area contributed by atoms with Crippen LogP contribution < -0.4 is 5.32 Å². The molecule has 2 heterocycles. The minimum Gasteiger partial charge on any atom is -0.335 e. The monoisotopic (exact) mass is 284 g/mol. The molecule has 1 N–H and O–H groups in total. The number of hydrogen-bond acceptors (Lipinski definition) is 2. The topological polar surface area (TPSA) is 32.3 Å². The SMILES string of the molecule is C=CCC(CC=C)C(=O)N1C2CCNCC1CC2.Cl. The minimum absolute atomic E-state index is 0. The van der Waals surface area contributed by atoms with Gasteiger partial charge in [-0.25, -0.2) is 0 Å². The molecule has 2 aliphatic rings. The van der Waals surface area contributed by atoms with E-state index >= 15 is 0 Å². The van der Waals surface area contributed by atoms with Crippen molar-refractivity contribution < 1.29 is 4.79 Å². The Labute approximate surface area is 122 Å². The molecule has 2 atom stereocenters. The lowest BCUT2D eigenvalue weighted by Gasteiger charge is -2.31. The minimum atomic E-state index is 0. The number of fused-ring (bicyclic) bond motifs is 2. The van der Waals surface area contributed by atoms with Gasteiger partial charge in [-0.1, -0.05) is 12.2 Å². The highest BCUT2D eigenvalue weighted by Crippen LogP contribution is 2.30.